The molecule has 2 heterocycles. The summed E-state index contributed by atoms with van der Waals surface area (Å²) in [6.45, 7) is 10.1. The molecule has 0 spiro atoms. The van der Waals surface area contributed by atoms with Crippen molar-refractivity contribution in [2.24, 2.45) is 0 Å². The number of esters is 2. The Kier molecular flexibility index (Phi) is 13.8. The van der Waals surface area contributed by atoms with Gasteiger partial charge in [0, 0.05) is 11.8 Å². The molecule has 0 aliphatic heterocycles. The van der Waals surface area contributed by atoms with E-state index in [1.807, 2.05) is 13.8 Å². The van der Waals surface area contributed by atoms with Crippen LogP contribution in [0.1, 0.15) is 61.7 Å². The van der Waals surface area contributed by atoms with Gasteiger partial charge in [-0.2, -0.15) is 10.2 Å². The Morgan fingerprint density at radius 2 is 1.62 bits per heavy atom. The number of carbonyl (C=O) groups is 2. The van der Waals surface area contributed by atoms with Gasteiger partial charge in [0.05, 0.1) is 19.4 Å². The summed E-state index contributed by atoms with van der Waals surface area (Å²) in [4.78, 5) is 21.8. The molecule has 2 aromatic rings. The molecule has 0 unspecified atom stereocenters. The first-order valence-electron chi connectivity index (χ1n) is 7.43. The molecule has 0 saturated heterocycles. The van der Waals surface area contributed by atoms with Crippen molar-refractivity contribution >= 4 is 11.9 Å². The molecule has 0 amide bonds. The van der Waals surface area contributed by atoms with Gasteiger partial charge in [-0.25, -0.2) is 9.59 Å². The van der Waals surface area contributed by atoms with Gasteiger partial charge in [-0.3, -0.25) is 10.2 Å². The Morgan fingerprint density at radius 1 is 1.04 bits per heavy atom. The molecule has 8 nitrogen and oxygen atoms in total. The molecule has 2 rings (SSSR count). The third-order valence-corrected chi connectivity index (χ3v) is 2.30. The van der Waals surface area contributed by atoms with Crippen LogP contribution in [-0.2, 0) is 9.47 Å². The molecule has 0 aliphatic carbocycles. The van der Waals surface area contributed by atoms with Crippen LogP contribution >= 0.6 is 0 Å². The number of ether oxygens (including phenoxy) is 2. The minimum atomic E-state index is -0.361. The largest absolute Gasteiger partial charge is 0.461 e. The normalized spacial score (nSPS) is 8.54. The van der Waals surface area contributed by atoms with Crippen LogP contribution in [0.2, 0.25) is 0 Å². The van der Waals surface area contributed by atoms with Crippen molar-refractivity contribution in [1.29, 1.82) is 0 Å². The zero-order valence-corrected chi connectivity index (χ0v) is 14.2. The van der Waals surface area contributed by atoms with E-state index >= 15 is 0 Å². The predicted octanol–water partition coefficient (Wildman–Crippen LogP) is 3.14. The minimum Gasteiger partial charge on any atom is -0.461 e. The number of aromatic amines is 2. The standard InChI is InChI=1S/C7H10N2O2.C6H8N2O2.C2H6.CH4/c1-3-11-7(10)6-5(2)4-8-9-6;1-2-10-6(9)5-3-4-7-8-5;1-2;/h4H,3H2,1-2H3,(H,8,9);3-4H,2H2,1H3,(H,7,8);1-2H3;1H4. The Balaban J connectivity index is 0. The van der Waals surface area contributed by atoms with E-state index in [0.29, 0.717) is 24.6 Å². The lowest BCUT2D eigenvalue weighted by molar-refractivity contribution is 0.0509. The van der Waals surface area contributed by atoms with Crippen LogP contribution in [0.3, 0.4) is 0 Å². The molecule has 0 radical (unpaired) electrons. The van der Waals surface area contributed by atoms with Crippen molar-refractivity contribution in [3.63, 3.8) is 0 Å². The Bertz CT molecular complexity index is 564. The number of rotatable bonds is 4. The van der Waals surface area contributed by atoms with Crippen LogP contribution in [0.25, 0.3) is 0 Å². The first kappa shape index (κ1) is 23.6. The SMILES string of the molecule is C.CC.CCOC(=O)c1[nH]ncc1C.CCOC(=O)c1ccn[nH]1. The molecule has 0 fully saturated rings. The molecular formula is C16H28N4O4. The topological polar surface area (TPSA) is 110 Å². The maximum atomic E-state index is 11.0. The smallest absolute Gasteiger partial charge is 0.356 e. The lowest BCUT2D eigenvalue weighted by atomic mass is 10.3. The van der Waals surface area contributed by atoms with Gasteiger partial charge in [-0.05, 0) is 26.8 Å². The van der Waals surface area contributed by atoms with Crippen LogP contribution < -0.4 is 0 Å². The van der Waals surface area contributed by atoms with E-state index in [2.05, 4.69) is 25.1 Å². The van der Waals surface area contributed by atoms with Crippen molar-refractivity contribution in [1.82, 2.24) is 20.4 Å². The van der Waals surface area contributed by atoms with Crippen LogP contribution in [0.5, 0.6) is 0 Å². The van der Waals surface area contributed by atoms with Gasteiger partial charge < -0.3 is 9.47 Å². The molecule has 0 aromatic carbocycles. The summed E-state index contributed by atoms with van der Waals surface area (Å²) in [6, 6.07) is 1.57. The molecule has 0 atom stereocenters. The summed E-state index contributed by atoms with van der Waals surface area (Å²) in [7, 11) is 0. The molecule has 136 valence electrons. The Morgan fingerprint density at radius 3 is 2.04 bits per heavy atom. The van der Waals surface area contributed by atoms with Gasteiger partial charge in [0.2, 0.25) is 0 Å². The van der Waals surface area contributed by atoms with E-state index in [1.54, 1.807) is 33.0 Å². The fourth-order valence-corrected chi connectivity index (χ4v) is 1.33. The molecule has 0 aliphatic rings. The molecule has 8 heteroatoms. The van der Waals surface area contributed by atoms with Gasteiger partial charge in [-0.15, -0.1) is 0 Å². The van der Waals surface area contributed by atoms with E-state index in [1.165, 1.54) is 6.20 Å². The summed E-state index contributed by atoms with van der Waals surface area (Å²) in [6.07, 6.45) is 3.10. The second-order valence-corrected chi connectivity index (χ2v) is 3.84. The lowest BCUT2D eigenvalue weighted by Gasteiger charge is -1.97. The number of aryl methyl sites for hydroxylation is 1. The molecule has 24 heavy (non-hydrogen) atoms. The second-order valence-electron chi connectivity index (χ2n) is 3.84. The lowest BCUT2D eigenvalue weighted by Crippen LogP contribution is -2.06. The van der Waals surface area contributed by atoms with Gasteiger partial charge in [0.25, 0.3) is 0 Å². The van der Waals surface area contributed by atoms with Crippen LogP contribution in [-0.4, -0.2) is 45.5 Å². The van der Waals surface area contributed by atoms with Crippen molar-refractivity contribution < 1.29 is 19.1 Å². The molecule has 0 bridgehead atoms. The number of hydrogen-bond donors (Lipinski definition) is 2. The van der Waals surface area contributed by atoms with E-state index in [9.17, 15) is 9.59 Å². The van der Waals surface area contributed by atoms with Gasteiger partial charge in [0.15, 0.2) is 0 Å². The number of hydrogen-bond acceptors (Lipinski definition) is 6. The predicted molar refractivity (Wildman–Crippen MR) is 91.9 cm³/mol. The highest BCUT2D eigenvalue weighted by Crippen LogP contribution is 2.03. The average molecular weight is 340 g/mol. The maximum absolute atomic E-state index is 11.0. The number of nitrogens with zero attached hydrogens (tertiary/aromatic N) is 2. The highest BCUT2D eigenvalue weighted by Gasteiger charge is 2.10. The summed E-state index contributed by atoms with van der Waals surface area (Å²) in [5.41, 5.74) is 1.64. The second kappa shape index (κ2) is 14.0. The van der Waals surface area contributed by atoms with E-state index in [-0.39, 0.29) is 19.4 Å². The van der Waals surface area contributed by atoms with Crippen LogP contribution in [0.4, 0.5) is 0 Å². The minimum absolute atomic E-state index is 0. The van der Waals surface area contributed by atoms with Crippen molar-refractivity contribution in [3.8, 4) is 0 Å². The first-order chi connectivity index (χ1) is 11.1. The Labute approximate surface area is 143 Å². The summed E-state index contributed by atoms with van der Waals surface area (Å²) in [5.74, 6) is -0.706. The van der Waals surface area contributed by atoms with Gasteiger partial charge in [0.1, 0.15) is 11.4 Å². The fraction of sp³-hybridized carbons (Fsp3) is 0.500. The number of H-pyrrole nitrogens is 2. The van der Waals surface area contributed by atoms with E-state index in [0.717, 1.165) is 5.56 Å². The van der Waals surface area contributed by atoms with Crippen LogP contribution in [0, 0.1) is 6.92 Å². The summed E-state index contributed by atoms with van der Waals surface area (Å²) in [5, 5.41) is 12.4. The van der Waals surface area contributed by atoms with E-state index in [4.69, 9.17) is 4.74 Å². The first-order valence-corrected chi connectivity index (χ1v) is 7.43. The highest BCUT2D eigenvalue weighted by atomic mass is 16.5. The maximum Gasteiger partial charge on any atom is 0.356 e. The van der Waals surface area contributed by atoms with Crippen molar-refractivity contribution in [3.05, 3.63) is 35.4 Å². The molecule has 2 aromatic heterocycles. The van der Waals surface area contributed by atoms with Crippen LogP contribution in [0.15, 0.2) is 18.5 Å². The molecular weight excluding hydrogens is 312 g/mol. The molecule has 0 saturated carbocycles. The van der Waals surface area contributed by atoms with Gasteiger partial charge >= 0.3 is 11.9 Å². The van der Waals surface area contributed by atoms with Crippen molar-refractivity contribution in [2.75, 3.05) is 13.2 Å². The quantitative estimate of drug-likeness (QED) is 0.827. The highest BCUT2D eigenvalue weighted by molar-refractivity contribution is 5.88. The van der Waals surface area contributed by atoms with Crippen molar-refractivity contribution in [2.45, 2.75) is 42.0 Å². The zero-order valence-electron chi connectivity index (χ0n) is 14.2. The monoisotopic (exact) mass is 340 g/mol. The fourth-order valence-electron chi connectivity index (χ4n) is 1.33. The average Bonchev–Trinajstić information content (AvgIpc) is 3.22. The third kappa shape index (κ3) is 8.11. The molecule has 2 N–H and O–H groups in total. The summed E-state index contributed by atoms with van der Waals surface area (Å²) < 4.78 is 9.43. The number of carbonyl (C=O) groups excluding carboxylic acids is 2. The van der Waals surface area contributed by atoms with Gasteiger partial charge in [-0.1, -0.05) is 21.3 Å². The third-order valence-electron chi connectivity index (χ3n) is 2.30. The summed E-state index contributed by atoms with van der Waals surface area (Å²) >= 11 is 0. The van der Waals surface area contributed by atoms with E-state index < -0.39 is 0 Å². The number of aromatic nitrogens is 4. The Hall–Kier alpha value is -2.64. The number of nitrogens with one attached hydrogen (secondary N) is 2. The zero-order chi connectivity index (χ0) is 17.7.